The highest BCUT2D eigenvalue weighted by Crippen LogP contribution is 2.30. The summed E-state index contributed by atoms with van der Waals surface area (Å²) in [6.07, 6.45) is 7.22. The predicted octanol–water partition coefficient (Wildman–Crippen LogP) is 11.9. The van der Waals surface area contributed by atoms with E-state index in [2.05, 4.69) is 9.97 Å². The molecule has 6 rings (SSSR count). The highest BCUT2D eigenvalue weighted by Gasteiger charge is 2.09. The van der Waals surface area contributed by atoms with Gasteiger partial charge in [-0.05, 0) is 71.8 Å². The number of hydrogen-bond acceptors (Lipinski definition) is 6. The minimum atomic E-state index is 0. The van der Waals surface area contributed by atoms with Gasteiger partial charge in [-0.3, -0.25) is 0 Å². The molecule has 52 heavy (non-hydrogen) atoms. The number of imidazole rings is 2. The van der Waals surface area contributed by atoms with Crippen LogP contribution in [0.25, 0.3) is 0 Å². The number of aromatic nitrogens is 4. The zero-order valence-corrected chi connectivity index (χ0v) is 33.7. The van der Waals surface area contributed by atoms with Gasteiger partial charge in [0.2, 0.25) is 0 Å². The van der Waals surface area contributed by atoms with Crippen LogP contribution in [0.5, 0.6) is 23.0 Å². The van der Waals surface area contributed by atoms with Crippen LogP contribution >= 0.6 is 93.6 Å². The molecule has 0 aliphatic carbocycles. The number of phenols is 1. The molecule has 0 saturated carbocycles. The predicted molar refractivity (Wildman–Crippen MR) is 214 cm³/mol. The van der Waals surface area contributed by atoms with Crippen molar-refractivity contribution >= 4 is 93.6 Å². The maximum Gasteiger partial charge on any atom is 0.147 e. The molecule has 0 spiro atoms. The first-order chi connectivity index (χ1) is 24.5. The molecule has 0 radical (unpaired) electrons. The van der Waals surface area contributed by atoms with E-state index in [4.69, 9.17) is 101 Å². The molecule has 0 unspecified atom stereocenters. The van der Waals surface area contributed by atoms with Crippen molar-refractivity contribution in [3.63, 3.8) is 0 Å². The maximum atomic E-state index is 8.93. The summed E-state index contributed by atoms with van der Waals surface area (Å²) in [5, 5.41) is 12.4. The highest BCUT2D eigenvalue weighted by molar-refractivity contribution is 6.35. The van der Waals surface area contributed by atoms with Gasteiger partial charge in [0.15, 0.2) is 0 Å². The van der Waals surface area contributed by atoms with Gasteiger partial charge in [0.05, 0.1) is 30.1 Å². The molecule has 0 saturated heterocycles. The smallest absolute Gasteiger partial charge is 0.147 e. The van der Waals surface area contributed by atoms with Crippen LogP contribution in [0.4, 0.5) is 0 Å². The molecular formula is C36H32Cl8N4O4. The van der Waals surface area contributed by atoms with Gasteiger partial charge in [0.25, 0.3) is 0 Å². The number of nitrogens with zero attached hydrogens (tertiary/aromatic N) is 4. The van der Waals surface area contributed by atoms with E-state index in [9.17, 15) is 0 Å². The van der Waals surface area contributed by atoms with Crippen molar-refractivity contribution in [2.24, 2.45) is 0 Å². The first-order valence-electron chi connectivity index (χ1n) is 14.9. The van der Waals surface area contributed by atoms with E-state index in [1.54, 1.807) is 55.9 Å². The zero-order valence-electron chi connectivity index (χ0n) is 27.6. The van der Waals surface area contributed by atoms with Gasteiger partial charge in [0, 0.05) is 70.1 Å². The minimum Gasteiger partial charge on any atom is -0.508 e. The van der Waals surface area contributed by atoms with E-state index in [-0.39, 0.29) is 18.2 Å². The van der Waals surface area contributed by atoms with E-state index in [0.717, 1.165) is 22.8 Å². The van der Waals surface area contributed by atoms with Crippen molar-refractivity contribution in [1.29, 1.82) is 0 Å². The van der Waals surface area contributed by atoms with Crippen molar-refractivity contribution < 1.29 is 19.3 Å². The average Bonchev–Trinajstić information content (AvgIpc) is 3.73. The minimum absolute atomic E-state index is 0. The van der Waals surface area contributed by atoms with Crippen LogP contribution in [0.3, 0.4) is 0 Å². The van der Waals surface area contributed by atoms with Crippen molar-refractivity contribution in [2.75, 3.05) is 14.2 Å². The van der Waals surface area contributed by atoms with Crippen LogP contribution in [0.2, 0.25) is 30.1 Å². The number of halogens is 8. The summed E-state index contributed by atoms with van der Waals surface area (Å²) in [4.78, 5) is 8.49. The van der Waals surface area contributed by atoms with E-state index >= 15 is 0 Å². The fraction of sp³-hybridized carbons (Fsp3) is 0.167. The van der Waals surface area contributed by atoms with Crippen molar-refractivity contribution in [3.05, 3.63) is 150 Å². The molecule has 2 heterocycles. The molecule has 2 aromatic heterocycles. The number of methoxy groups -OCH3 is 2. The third-order valence-corrected chi connectivity index (χ3v) is 8.64. The molecule has 276 valence electrons. The SMILES string of the molecule is COc1cc(O)ccc1Cl.COc1cc(OCc2nccn2Cc2cc(Cl)cc(Cl)c2)ccc1Cl.Cl.ClCc1nccn1Cc1cc(Cl)cc(Cl)c1. The summed E-state index contributed by atoms with van der Waals surface area (Å²) < 4.78 is 19.8. The van der Waals surface area contributed by atoms with E-state index in [0.29, 0.717) is 73.0 Å². The first-order valence-corrected chi connectivity index (χ1v) is 17.7. The highest BCUT2D eigenvalue weighted by atomic mass is 35.5. The molecule has 0 fully saturated rings. The van der Waals surface area contributed by atoms with Crippen LogP contribution in [-0.4, -0.2) is 38.4 Å². The summed E-state index contributed by atoms with van der Waals surface area (Å²) in [5.41, 5.74) is 2.02. The van der Waals surface area contributed by atoms with Crippen molar-refractivity contribution in [3.8, 4) is 23.0 Å². The van der Waals surface area contributed by atoms with Gasteiger partial charge in [-0.25, -0.2) is 9.97 Å². The molecule has 0 amide bonds. The molecular weight excluding hydrogens is 836 g/mol. The Morgan fingerprint density at radius 2 is 1.08 bits per heavy atom. The number of rotatable bonds is 10. The molecule has 0 aliphatic rings. The van der Waals surface area contributed by atoms with Crippen LogP contribution in [-0.2, 0) is 25.6 Å². The van der Waals surface area contributed by atoms with Gasteiger partial charge >= 0.3 is 0 Å². The number of phenolic OH excluding ortho intramolecular Hbond substituents is 1. The lowest BCUT2D eigenvalue weighted by atomic mass is 10.2. The summed E-state index contributed by atoms with van der Waals surface area (Å²) in [5.74, 6) is 3.87. The van der Waals surface area contributed by atoms with Crippen LogP contribution in [0.1, 0.15) is 22.8 Å². The first kappa shape index (κ1) is 43.2. The Bertz CT molecular complexity index is 2000. The normalized spacial score (nSPS) is 10.2. The largest absolute Gasteiger partial charge is 0.508 e. The molecule has 6 aromatic rings. The van der Waals surface area contributed by atoms with E-state index < -0.39 is 0 Å². The summed E-state index contributed by atoms with van der Waals surface area (Å²) in [7, 11) is 3.06. The fourth-order valence-electron chi connectivity index (χ4n) is 4.56. The number of ether oxygens (including phenoxy) is 3. The van der Waals surface area contributed by atoms with Gasteiger partial charge < -0.3 is 28.5 Å². The lowest BCUT2D eigenvalue weighted by molar-refractivity contribution is 0.288. The van der Waals surface area contributed by atoms with Crippen LogP contribution in [0, 0.1) is 0 Å². The third kappa shape index (κ3) is 13.3. The number of hydrogen-bond donors (Lipinski definition) is 1. The molecule has 8 nitrogen and oxygen atoms in total. The molecule has 4 aromatic carbocycles. The van der Waals surface area contributed by atoms with Gasteiger partial charge in [0.1, 0.15) is 41.3 Å². The number of aromatic hydroxyl groups is 1. The van der Waals surface area contributed by atoms with E-state index in [1.807, 2.05) is 45.8 Å². The Balaban J connectivity index is 0.000000231. The summed E-state index contributed by atoms with van der Waals surface area (Å²) in [6.45, 7) is 1.58. The Hall–Kier alpha value is -3.18. The second-order valence-corrected chi connectivity index (χ2v) is 13.4. The molecule has 16 heteroatoms. The van der Waals surface area contributed by atoms with Gasteiger partial charge in [-0.2, -0.15) is 0 Å². The molecule has 0 bridgehead atoms. The molecule has 0 aliphatic heterocycles. The quantitative estimate of drug-likeness (QED) is 0.138. The second-order valence-electron chi connectivity index (χ2n) is 10.5. The van der Waals surface area contributed by atoms with Gasteiger partial charge in [-0.1, -0.05) is 69.6 Å². The lowest BCUT2D eigenvalue weighted by Crippen LogP contribution is -2.08. The van der Waals surface area contributed by atoms with Crippen LogP contribution in [0.15, 0.2) is 97.6 Å². The van der Waals surface area contributed by atoms with Crippen molar-refractivity contribution in [2.45, 2.75) is 25.6 Å². The second kappa shape index (κ2) is 21.5. The zero-order chi connectivity index (χ0) is 36.9. The number of alkyl halides is 1. The third-order valence-electron chi connectivity index (χ3n) is 6.90. The fourth-order valence-corrected chi connectivity index (χ4v) is 6.32. The topological polar surface area (TPSA) is 83.6 Å². The Morgan fingerprint density at radius 3 is 1.56 bits per heavy atom. The molecule has 0 atom stereocenters. The monoisotopic (exact) mass is 864 g/mol. The van der Waals surface area contributed by atoms with Gasteiger partial charge in [-0.15, -0.1) is 24.0 Å². The Labute approximate surface area is 343 Å². The van der Waals surface area contributed by atoms with Crippen molar-refractivity contribution in [1.82, 2.24) is 19.1 Å². The average molecular weight is 868 g/mol. The number of benzene rings is 4. The van der Waals surface area contributed by atoms with Crippen LogP contribution < -0.4 is 14.2 Å². The standard InChI is InChI=1S/C18H15Cl3N2O2.C11H9Cl3N2.C7H7ClO2.ClH/c1-24-17-9-15(2-3-16(17)21)25-11-18-22-4-5-23(18)10-12-6-13(19)8-14(20)7-12;12-6-11-15-1-2-16(11)7-8-3-9(13)5-10(14)4-8;1-10-7-4-5(9)2-3-6(7)8;/h2-9H,10-11H2,1H3;1-5H,6-7H2;2-4,9H,1H3;1H. The summed E-state index contributed by atoms with van der Waals surface area (Å²) >= 11 is 41.4. The summed E-state index contributed by atoms with van der Waals surface area (Å²) in [6, 6.07) is 20.7. The Morgan fingerprint density at radius 1 is 0.615 bits per heavy atom. The lowest BCUT2D eigenvalue weighted by Gasteiger charge is -2.11. The molecule has 1 N–H and O–H groups in total. The van der Waals surface area contributed by atoms with E-state index in [1.165, 1.54) is 19.2 Å². The Kier molecular flexibility index (Phi) is 17.9. The maximum absolute atomic E-state index is 8.93.